The highest BCUT2D eigenvalue weighted by Gasteiger charge is 2.24. The second-order valence-corrected chi connectivity index (χ2v) is 4.95. The van der Waals surface area contributed by atoms with Crippen LogP contribution in [-0.4, -0.2) is 29.8 Å². The summed E-state index contributed by atoms with van der Waals surface area (Å²) in [6, 6.07) is 11.9. The molecule has 96 valence electrons. The summed E-state index contributed by atoms with van der Waals surface area (Å²) in [7, 11) is 0. The van der Waals surface area contributed by atoms with Gasteiger partial charge in [-0.3, -0.25) is 0 Å². The van der Waals surface area contributed by atoms with Crippen molar-refractivity contribution in [2.24, 2.45) is 5.92 Å². The molecule has 3 rings (SSSR count). The summed E-state index contributed by atoms with van der Waals surface area (Å²) >= 11 is 0. The van der Waals surface area contributed by atoms with E-state index in [4.69, 9.17) is 0 Å². The van der Waals surface area contributed by atoms with Crippen molar-refractivity contribution in [3.05, 3.63) is 35.9 Å². The normalized spacial score (nSPS) is 18.7. The Hall–Kier alpha value is -2.12. The number of aliphatic hydroxyl groups excluding tert-OH is 1. The lowest BCUT2D eigenvalue weighted by Crippen LogP contribution is -2.22. The Morgan fingerprint density at radius 3 is 3.00 bits per heavy atom. The van der Waals surface area contributed by atoms with Gasteiger partial charge in [-0.25, -0.2) is 4.98 Å². The van der Waals surface area contributed by atoms with Crippen molar-refractivity contribution in [1.82, 2.24) is 4.98 Å². The second-order valence-electron chi connectivity index (χ2n) is 4.95. The first-order valence-electron chi connectivity index (χ1n) is 6.47. The molecule has 2 heterocycles. The van der Waals surface area contributed by atoms with Gasteiger partial charge in [0.2, 0.25) is 0 Å². The number of nitriles is 1. The Bertz CT molecular complexity index is 647. The average molecular weight is 253 g/mol. The summed E-state index contributed by atoms with van der Waals surface area (Å²) in [5, 5.41) is 19.5. The van der Waals surface area contributed by atoms with Gasteiger partial charge in [0.1, 0.15) is 11.9 Å². The van der Waals surface area contributed by atoms with E-state index in [1.165, 1.54) is 0 Å². The SMILES string of the molecule is N#Cc1cc2ccccc2nc1N1CCC(CO)C1. The lowest BCUT2D eigenvalue weighted by molar-refractivity contribution is 0.238. The molecule has 1 aromatic carbocycles. The topological polar surface area (TPSA) is 60.2 Å². The third kappa shape index (κ3) is 2.13. The fraction of sp³-hybridized carbons (Fsp3) is 0.333. The molecule has 1 N–H and O–H groups in total. The van der Waals surface area contributed by atoms with Gasteiger partial charge in [-0.2, -0.15) is 5.26 Å². The molecular weight excluding hydrogens is 238 g/mol. The fourth-order valence-corrected chi connectivity index (χ4v) is 2.60. The number of hydrogen-bond donors (Lipinski definition) is 1. The van der Waals surface area contributed by atoms with E-state index in [9.17, 15) is 10.4 Å². The molecule has 1 aliphatic heterocycles. The Labute approximate surface area is 111 Å². The largest absolute Gasteiger partial charge is 0.396 e. The number of anilines is 1. The van der Waals surface area contributed by atoms with E-state index in [2.05, 4.69) is 16.0 Å². The molecule has 19 heavy (non-hydrogen) atoms. The molecule has 0 spiro atoms. The number of pyridine rings is 1. The van der Waals surface area contributed by atoms with Crippen LogP contribution in [0.25, 0.3) is 10.9 Å². The average Bonchev–Trinajstić information content (AvgIpc) is 2.94. The maximum atomic E-state index is 9.30. The van der Waals surface area contributed by atoms with Gasteiger partial charge in [0.15, 0.2) is 0 Å². The van der Waals surface area contributed by atoms with Crippen LogP contribution in [0.5, 0.6) is 0 Å². The zero-order valence-corrected chi connectivity index (χ0v) is 10.6. The van der Waals surface area contributed by atoms with Crippen molar-refractivity contribution < 1.29 is 5.11 Å². The van der Waals surface area contributed by atoms with E-state index < -0.39 is 0 Å². The van der Waals surface area contributed by atoms with Gasteiger partial charge in [0.05, 0.1) is 11.1 Å². The van der Waals surface area contributed by atoms with Gasteiger partial charge in [-0.15, -0.1) is 0 Å². The number of hydrogen-bond acceptors (Lipinski definition) is 4. The van der Waals surface area contributed by atoms with Gasteiger partial charge >= 0.3 is 0 Å². The van der Waals surface area contributed by atoms with Crippen LogP contribution in [0, 0.1) is 17.2 Å². The fourth-order valence-electron chi connectivity index (χ4n) is 2.60. The van der Waals surface area contributed by atoms with Crippen molar-refractivity contribution in [2.75, 3.05) is 24.6 Å². The molecule has 0 aliphatic carbocycles. The first-order chi connectivity index (χ1) is 9.31. The third-order valence-electron chi connectivity index (χ3n) is 3.67. The molecule has 1 aromatic heterocycles. The minimum absolute atomic E-state index is 0.200. The summed E-state index contributed by atoms with van der Waals surface area (Å²) in [6.07, 6.45) is 0.954. The first kappa shape index (κ1) is 11.9. The van der Waals surface area contributed by atoms with E-state index in [1.807, 2.05) is 30.3 Å². The quantitative estimate of drug-likeness (QED) is 0.888. The number of nitrogens with zero attached hydrogens (tertiary/aromatic N) is 3. The standard InChI is InChI=1S/C15H15N3O/c16-8-13-7-12-3-1-2-4-14(12)17-15(13)18-6-5-11(9-18)10-19/h1-4,7,11,19H,5-6,9-10H2. The van der Waals surface area contributed by atoms with Gasteiger partial charge in [-0.1, -0.05) is 18.2 Å². The highest BCUT2D eigenvalue weighted by molar-refractivity contribution is 5.83. The Balaban J connectivity index is 2.05. The lowest BCUT2D eigenvalue weighted by atomic mass is 10.1. The third-order valence-corrected chi connectivity index (χ3v) is 3.67. The lowest BCUT2D eigenvalue weighted by Gasteiger charge is -2.19. The number of fused-ring (bicyclic) bond motifs is 1. The van der Waals surface area contributed by atoms with E-state index >= 15 is 0 Å². The molecule has 1 aliphatic rings. The number of para-hydroxylation sites is 1. The molecule has 4 nitrogen and oxygen atoms in total. The maximum Gasteiger partial charge on any atom is 0.147 e. The van der Waals surface area contributed by atoms with Crippen LogP contribution in [0.1, 0.15) is 12.0 Å². The summed E-state index contributed by atoms with van der Waals surface area (Å²) in [5.41, 5.74) is 1.52. The summed E-state index contributed by atoms with van der Waals surface area (Å²) in [6.45, 7) is 1.83. The number of benzene rings is 1. The van der Waals surface area contributed by atoms with E-state index in [0.29, 0.717) is 11.5 Å². The molecule has 0 bridgehead atoms. The van der Waals surface area contributed by atoms with Gasteiger partial charge in [0, 0.05) is 31.0 Å². The highest BCUT2D eigenvalue weighted by atomic mass is 16.3. The van der Waals surface area contributed by atoms with Crippen LogP contribution in [0.3, 0.4) is 0 Å². The number of aliphatic hydroxyl groups is 1. The van der Waals surface area contributed by atoms with Crippen molar-refractivity contribution in [1.29, 1.82) is 5.26 Å². The van der Waals surface area contributed by atoms with Gasteiger partial charge in [0.25, 0.3) is 0 Å². The van der Waals surface area contributed by atoms with Crippen LogP contribution in [0.2, 0.25) is 0 Å². The van der Waals surface area contributed by atoms with E-state index in [0.717, 1.165) is 36.2 Å². The molecule has 4 heteroatoms. The van der Waals surface area contributed by atoms with E-state index in [1.54, 1.807) is 0 Å². The zero-order chi connectivity index (χ0) is 13.2. The second kappa shape index (κ2) is 4.87. The van der Waals surface area contributed by atoms with Crippen molar-refractivity contribution in [2.45, 2.75) is 6.42 Å². The van der Waals surface area contributed by atoms with Crippen LogP contribution in [0.4, 0.5) is 5.82 Å². The molecule has 1 atom stereocenters. The van der Waals surface area contributed by atoms with Crippen LogP contribution >= 0.6 is 0 Å². The maximum absolute atomic E-state index is 9.30. The highest BCUT2D eigenvalue weighted by Crippen LogP contribution is 2.27. The minimum atomic E-state index is 0.200. The molecular formula is C15H15N3O. The van der Waals surface area contributed by atoms with Crippen molar-refractivity contribution >= 4 is 16.7 Å². The van der Waals surface area contributed by atoms with Gasteiger partial charge in [-0.05, 0) is 18.6 Å². The van der Waals surface area contributed by atoms with Gasteiger partial charge < -0.3 is 10.0 Å². The number of rotatable bonds is 2. The zero-order valence-electron chi connectivity index (χ0n) is 10.6. The Kier molecular flexibility index (Phi) is 3.06. The van der Waals surface area contributed by atoms with Crippen LogP contribution < -0.4 is 4.90 Å². The first-order valence-corrected chi connectivity index (χ1v) is 6.47. The smallest absolute Gasteiger partial charge is 0.147 e. The summed E-state index contributed by atoms with van der Waals surface area (Å²) < 4.78 is 0. The molecule has 2 aromatic rings. The Morgan fingerprint density at radius 2 is 2.26 bits per heavy atom. The Morgan fingerprint density at radius 1 is 1.42 bits per heavy atom. The number of aromatic nitrogens is 1. The van der Waals surface area contributed by atoms with E-state index in [-0.39, 0.29) is 6.61 Å². The molecule has 0 amide bonds. The minimum Gasteiger partial charge on any atom is -0.396 e. The predicted molar refractivity (Wildman–Crippen MR) is 73.9 cm³/mol. The van der Waals surface area contributed by atoms with Crippen LogP contribution in [0.15, 0.2) is 30.3 Å². The summed E-state index contributed by atoms with van der Waals surface area (Å²) in [5.74, 6) is 1.04. The monoisotopic (exact) mass is 253 g/mol. The molecule has 1 fully saturated rings. The summed E-state index contributed by atoms with van der Waals surface area (Å²) in [4.78, 5) is 6.72. The van der Waals surface area contributed by atoms with Crippen molar-refractivity contribution in [3.63, 3.8) is 0 Å². The molecule has 0 saturated carbocycles. The molecule has 1 unspecified atom stereocenters. The molecule has 0 radical (unpaired) electrons. The van der Waals surface area contributed by atoms with Crippen molar-refractivity contribution in [3.8, 4) is 6.07 Å². The van der Waals surface area contributed by atoms with Crippen LogP contribution in [-0.2, 0) is 0 Å². The molecule has 1 saturated heterocycles. The predicted octanol–water partition coefficient (Wildman–Crippen LogP) is 1.93.